The number of H-pyrrole nitrogens is 1. The van der Waals surface area contributed by atoms with Crippen LogP contribution in [-0.4, -0.2) is 63.3 Å². The van der Waals surface area contributed by atoms with E-state index in [0.29, 0.717) is 30.2 Å². The molecule has 0 spiro atoms. The Morgan fingerprint density at radius 2 is 1.67 bits per heavy atom. The Labute approximate surface area is 222 Å². The number of pyridine rings is 2. The van der Waals surface area contributed by atoms with E-state index in [2.05, 4.69) is 37.1 Å². The van der Waals surface area contributed by atoms with Gasteiger partial charge in [0.1, 0.15) is 11.6 Å². The molecule has 1 aromatic carbocycles. The van der Waals surface area contributed by atoms with Gasteiger partial charge in [0.2, 0.25) is 0 Å². The Balaban J connectivity index is 1.15. The van der Waals surface area contributed by atoms with Crippen molar-refractivity contribution in [3.05, 3.63) is 83.6 Å². The molecule has 0 bridgehead atoms. The second-order valence-electron chi connectivity index (χ2n) is 10.0. The van der Waals surface area contributed by atoms with Crippen molar-refractivity contribution in [3.8, 4) is 5.75 Å². The number of halogens is 3. The number of hydrogen-bond acceptors (Lipinski definition) is 6. The molecule has 8 nitrogen and oxygen atoms in total. The van der Waals surface area contributed by atoms with Crippen LogP contribution in [0.3, 0.4) is 0 Å². The van der Waals surface area contributed by atoms with Crippen LogP contribution in [0.25, 0.3) is 11.2 Å². The second-order valence-corrected chi connectivity index (χ2v) is 10.0. The summed E-state index contributed by atoms with van der Waals surface area (Å²) < 4.78 is 41.2. The zero-order chi connectivity index (χ0) is 27.0. The lowest BCUT2D eigenvalue weighted by atomic mass is 9.88. The summed E-state index contributed by atoms with van der Waals surface area (Å²) in [5.41, 5.74) is 4.35. The molecular formula is C28H27F3N6O2. The molecule has 3 aromatic heterocycles. The molecule has 1 amide bonds. The van der Waals surface area contributed by atoms with E-state index in [1.807, 2.05) is 18.5 Å². The maximum atomic E-state index is 13.0. The molecule has 2 saturated heterocycles. The highest BCUT2D eigenvalue weighted by molar-refractivity contribution is 5.94. The molecule has 0 saturated carbocycles. The first-order valence-corrected chi connectivity index (χ1v) is 13.0. The molecule has 0 radical (unpaired) electrons. The number of piperidine rings is 1. The van der Waals surface area contributed by atoms with Crippen molar-refractivity contribution in [1.82, 2.24) is 30.2 Å². The fourth-order valence-corrected chi connectivity index (χ4v) is 5.77. The quantitative estimate of drug-likeness (QED) is 0.383. The number of nitrogens with one attached hydrogen (secondary N) is 2. The number of benzene rings is 1. The third-order valence-corrected chi connectivity index (χ3v) is 7.70. The number of alkyl halides is 3. The van der Waals surface area contributed by atoms with E-state index in [1.165, 1.54) is 17.7 Å². The number of aromatic amines is 1. The summed E-state index contributed by atoms with van der Waals surface area (Å²) in [6, 6.07) is 11.2. The largest absolute Gasteiger partial charge is 0.573 e. The van der Waals surface area contributed by atoms with Gasteiger partial charge in [0.15, 0.2) is 5.65 Å². The van der Waals surface area contributed by atoms with Crippen molar-refractivity contribution >= 4 is 17.1 Å². The first kappa shape index (κ1) is 25.3. The summed E-state index contributed by atoms with van der Waals surface area (Å²) in [5.74, 6) is 1.09. The van der Waals surface area contributed by atoms with Gasteiger partial charge in [0.25, 0.3) is 5.91 Å². The van der Waals surface area contributed by atoms with Crippen molar-refractivity contribution in [2.75, 3.05) is 26.2 Å². The first-order chi connectivity index (χ1) is 18.9. The number of carbonyl (C=O) groups excluding carboxylic acids is 1. The smallest absolute Gasteiger partial charge is 0.406 e. The Bertz CT molecular complexity index is 1450. The summed E-state index contributed by atoms with van der Waals surface area (Å²) in [6.07, 6.45) is 2.18. The zero-order valence-corrected chi connectivity index (χ0v) is 21.0. The molecule has 2 fully saturated rings. The Morgan fingerprint density at radius 3 is 2.38 bits per heavy atom. The summed E-state index contributed by atoms with van der Waals surface area (Å²) in [7, 11) is 0. The Morgan fingerprint density at radius 1 is 0.949 bits per heavy atom. The molecule has 2 atom stereocenters. The fraction of sp³-hybridized carbons (Fsp3) is 0.357. The van der Waals surface area contributed by atoms with Crippen molar-refractivity contribution in [2.45, 2.75) is 37.0 Å². The minimum Gasteiger partial charge on any atom is -0.406 e. The predicted octanol–water partition coefficient (Wildman–Crippen LogP) is 4.74. The van der Waals surface area contributed by atoms with Gasteiger partial charge in [-0.3, -0.25) is 9.78 Å². The molecule has 4 aromatic rings. The normalized spacial score (nSPS) is 20.4. The van der Waals surface area contributed by atoms with Crippen LogP contribution in [0.1, 0.15) is 57.9 Å². The van der Waals surface area contributed by atoms with E-state index in [1.54, 1.807) is 11.1 Å². The van der Waals surface area contributed by atoms with E-state index in [4.69, 9.17) is 4.98 Å². The van der Waals surface area contributed by atoms with E-state index < -0.39 is 6.36 Å². The minimum atomic E-state index is -4.77. The third-order valence-electron chi connectivity index (χ3n) is 7.70. The van der Waals surface area contributed by atoms with Crippen LogP contribution < -0.4 is 10.1 Å². The average Bonchev–Trinajstić information content (AvgIpc) is 3.60. The molecule has 11 heteroatoms. The fourth-order valence-electron chi connectivity index (χ4n) is 5.77. The monoisotopic (exact) mass is 536 g/mol. The summed E-state index contributed by atoms with van der Waals surface area (Å²) in [5, 5.41) is 3.49. The molecule has 39 heavy (non-hydrogen) atoms. The third kappa shape index (κ3) is 5.31. The second kappa shape index (κ2) is 10.3. The maximum Gasteiger partial charge on any atom is 0.573 e. The number of ether oxygens (including phenoxy) is 1. The highest BCUT2D eigenvalue weighted by atomic mass is 19.4. The van der Waals surface area contributed by atoms with Gasteiger partial charge in [-0.05, 0) is 72.4 Å². The van der Waals surface area contributed by atoms with Crippen LogP contribution >= 0.6 is 0 Å². The first-order valence-electron chi connectivity index (χ1n) is 13.0. The average molecular weight is 537 g/mol. The number of likely N-dealkylation sites (tertiary alicyclic amines) is 1. The van der Waals surface area contributed by atoms with Gasteiger partial charge in [-0.2, -0.15) is 0 Å². The van der Waals surface area contributed by atoms with Gasteiger partial charge in [-0.1, -0.05) is 0 Å². The molecular weight excluding hydrogens is 509 g/mol. The van der Waals surface area contributed by atoms with Gasteiger partial charge in [-0.15, -0.1) is 13.2 Å². The van der Waals surface area contributed by atoms with Crippen LogP contribution in [0.5, 0.6) is 5.75 Å². The van der Waals surface area contributed by atoms with Crippen molar-refractivity contribution in [2.24, 2.45) is 0 Å². The van der Waals surface area contributed by atoms with Crippen LogP contribution in [0.2, 0.25) is 0 Å². The van der Waals surface area contributed by atoms with E-state index in [-0.39, 0.29) is 23.5 Å². The Kier molecular flexibility index (Phi) is 6.68. The molecule has 2 aliphatic heterocycles. The SMILES string of the molecule is O=C(c1ccc(OC(F)(F)F)cc1)N1CCC(c2ccnc3nc(C4CNCC4c4ccncc4)[nH]c23)CC1. The lowest BCUT2D eigenvalue weighted by molar-refractivity contribution is -0.274. The van der Waals surface area contributed by atoms with E-state index in [9.17, 15) is 18.0 Å². The van der Waals surface area contributed by atoms with Gasteiger partial charge < -0.3 is 19.9 Å². The number of fused-ring (bicyclic) bond motifs is 1. The van der Waals surface area contributed by atoms with Gasteiger partial charge >= 0.3 is 6.36 Å². The standard InChI is InChI=1S/C28H27F3N6O2/c29-28(30,31)39-20-3-1-19(2-4-20)27(38)37-13-8-18(9-14-37)21-7-12-34-26-24(21)35-25(36-26)23-16-33-15-22(23)17-5-10-32-11-6-17/h1-7,10-12,18,22-23,33H,8-9,13-16H2,(H,34,35,36). The van der Waals surface area contributed by atoms with Crippen LogP contribution in [0, 0.1) is 0 Å². The van der Waals surface area contributed by atoms with Crippen LogP contribution in [0.15, 0.2) is 61.1 Å². The molecule has 0 aliphatic carbocycles. The summed E-state index contributed by atoms with van der Waals surface area (Å²) in [6.45, 7) is 2.79. The van der Waals surface area contributed by atoms with Crippen molar-refractivity contribution in [1.29, 1.82) is 0 Å². The molecule has 2 aliphatic rings. The van der Waals surface area contributed by atoms with Crippen molar-refractivity contribution in [3.63, 3.8) is 0 Å². The number of imidazole rings is 1. The molecule has 2 N–H and O–H groups in total. The highest BCUT2D eigenvalue weighted by Crippen LogP contribution is 2.37. The van der Waals surface area contributed by atoms with Gasteiger partial charge in [0.05, 0.1) is 5.52 Å². The summed E-state index contributed by atoms with van der Waals surface area (Å²) in [4.78, 5) is 31.8. The van der Waals surface area contributed by atoms with Gasteiger partial charge in [0, 0.05) is 62.2 Å². The molecule has 202 valence electrons. The number of nitrogens with zero attached hydrogens (tertiary/aromatic N) is 4. The number of carbonyl (C=O) groups is 1. The van der Waals surface area contributed by atoms with E-state index >= 15 is 0 Å². The molecule has 2 unspecified atom stereocenters. The summed E-state index contributed by atoms with van der Waals surface area (Å²) >= 11 is 0. The number of hydrogen-bond donors (Lipinski definition) is 2. The topological polar surface area (TPSA) is 96.0 Å². The zero-order valence-electron chi connectivity index (χ0n) is 21.0. The predicted molar refractivity (Wildman–Crippen MR) is 137 cm³/mol. The minimum absolute atomic E-state index is 0.196. The number of amides is 1. The maximum absolute atomic E-state index is 13.0. The Hall–Kier alpha value is -3.99. The lowest BCUT2D eigenvalue weighted by Gasteiger charge is -2.32. The van der Waals surface area contributed by atoms with Crippen molar-refractivity contribution < 1.29 is 22.7 Å². The highest BCUT2D eigenvalue weighted by Gasteiger charge is 2.34. The molecule has 5 heterocycles. The van der Waals surface area contributed by atoms with E-state index in [0.717, 1.165) is 55.0 Å². The number of rotatable bonds is 5. The lowest BCUT2D eigenvalue weighted by Crippen LogP contribution is -2.38. The van der Waals surface area contributed by atoms with Gasteiger partial charge in [-0.25, -0.2) is 9.97 Å². The molecule has 6 rings (SSSR count). The number of aromatic nitrogens is 4. The van der Waals surface area contributed by atoms with Crippen LogP contribution in [-0.2, 0) is 0 Å². The van der Waals surface area contributed by atoms with Crippen LogP contribution in [0.4, 0.5) is 13.2 Å².